The third kappa shape index (κ3) is 5.36. The minimum atomic E-state index is 0. The molecule has 0 saturated carbocycles. The molecule has 3 N–H and O–H groups in total. The fourth-order valence-electron chi connectivity index (χ4n) is 3.29. The van der Waals surface area contributed by atoms with E-state index in [-0.39, 0.29) is 29.9 Å². The van der Waals surface area contributed by atoms with Crippen LogP contribution in [0, 0.1) is 0 Å². The zero-order valence-corrected chi connectivity index (χ0v) is 17.6. The highest BCUT2D eigenvalue weighted by molar-refractivity contribution is 14.0. The number of guanidine groups is 1. The number of nitrogens with zero attached hydrogens (tertiary/aromatic N) is 2. The molecule has 2 aromatic rings. The number of aromatic amines is 1. The van der Waals surface area contributed by atoms with Crippen LogP contribution in [0.2, 0.25) is 0 Å². The van der Waals surface area contributed by atoms with Gasteiger partial charge in [0, 0.05) is 43.8 Å². The number of aliphatic imine (C=N–C) groups is 1. The van der Waals surface area contributed by atoms with Crippen LogP contribution in [-0.2, 0) is 11.2 Å². The fourth-order valence-corrected chi connectivity index (χ4v) is 3.29. The molecule has 1 saturated heterocycles. The van der Waals surface area contributed by atoms with Crippen LogP contribution in [0.4, 0.5) is 0 Å². The number of rotatable bonds is 5. The molecule has 1 fully saturated rings. The summed E-state index contributed by atoms with van der Waals surface area (Å²) in [6.45, 7) is 2.83. The molecule has 6 nitrogen and oxygen atoms in total. The van der Waals surface area contributed by atoms with Gasteiger partial charge in [-0.2, -0.15) is 0 Å². The van der Waals surface area contributed by atoms with E-state index in [9.17, 15) is 4.79 Å². The third-order valence-corrected chi connectivity index (χ3v) is 4.70. The normalized spacial score (nSPS) is 14.8. The van der Waals surface area contributed by atoms with Crippen LogP contribution in [0.3, 0.4) is 0 Å². The Balaban J connectivity index is 0.00000243. The van der Waals surface area contributed by atoms with Gasteiger partial charge in [0.25, 0.3) is 0 Å². The average Bonchev–Trinajstić information content (AvgIpc) is 3.08. The highest BCUT2D eigenvalue weighted by Gasteiger charge is 2.16. The molecule has 0 bridgehead atoms. The van der Waals surface area contributed by atoms with Gasteiger partial charge in [-0.15, -0.1) is 24.0 Å². The molecule has 1 aliphatic rings. The van der Waals surface area contributed by atoms with Gasteiger partial charge >= 0.3 is 0 Å². The van der Waals surface area contributed by atoms with Crippen LogP contribution >= 0.6 is 24.0 Å². The van der Waals surface area contributed by atoms with Crippen molar-refractivity contribution < 1.29 is 4.79 Å². The smallest absolute Gasteiger partial charge is 0.241 e. The number of benzene rings is 1. The summed E-state index contributed by atoms with van der Waals surface area (Å²) < 4.78 is 0. The molecule has 3 rings (SSSR count). The van der Waals surface area contributed by atoms with Crippen molar-refractivity contribution in [1.29, 1.82) is 0 Å². The summed E-state index contributed by atoms with van der Waals surface area (Å²) in [5.41, 5.74) is 2.44. The van der Waals surface area contributed by atoms with Gasteiger partial charge in [0.15, 0.2) is 5.96 Å². The molecule has 142 valence electrons. The SMILES string of the molecule is CN=C(NCCc1c[nH]c2ccccc12)NCC(=O)N1CCCCC1.I. The molecule has 0 unspecified atom stereocenters. The minimum absolute atomic E-state index is 0. The molecular formula is C19H28IN5O. The first kappa shape index (κ1) is 20.5. The first-order valence-corrected chi connectivity index (χ1v) is 9.05. The van der Waals surface area contributed by atoms with E-state index < -0.39 is 0 Å². The van der Waals surface area contributed by atoms with Gasteiger partial charge in [0.1, 0.15) is 0 Å². The van der Waals surface area contributed by atoms with E-state index in [0.29, 0.717) is 12.5 Å². The number of carbonyl (C=O) groups excluding carboxylic acids is 1. The molecule has 0 atom stereocenters. The molecule has 0 aliphatic carbocycles. The number of likely N-dealkylation sites (tertiary alicyclic amines) is 1. The molecule has 0 spiro atoms. The predicted octanol–water partition coefficient (Wildman–Crippen LogP) is 2.51. The van der Waals surface area contributed by atoms with Crippen molar-refractivity contribution in [1.82, 2.24) is 20.5 Å². The number of para-hydroxylation sites is 1. The Morgan fingerprint density at radius 1 is 1.19 bits per heavy atom. The number of aromatic nitrogens is 1. The molecule has 2 heterocycles. The minimum Gasteiger partial charge on any atom is -0.361 e. The van der Waals surface area contributed by atoms with Crippen molar-refractivity contribution in [3.8, 4) is 0 Å². The van der Waals surface area contributed by atoms with E-state index in [2.05, 4.69) is 45.0 Å². The summed E-state index contributed by atoms with van der Waals surface area (Å²) in [7, 11) is 1.73. The molecule has 1 amide bonds. The summed E-state index contributed by atoms with van der Waals surface area (Å²) in [6, 6.07) is 8.30. The zero-order valence-electron chi connectivity index (χ0n) is 15.3. The summed E-state index contributed by atoms with van der Waals surface area (Å²) >= 11 is 0. The zero-order chi connectivity index (χ0) is 17.5. The predicted molar refractivity (Wildman–Crippen MR) is 117 cm³/mol. The van der Waals surface area contributed by atoms with Crippen molar-refractivity contribution in [2.75, 3.05) is 33.2 Å². The van der Waals surface area contributed by atoms with E-state index in [1.54, 1.807) is 7.05 Å². The second kappa shape index (κ2) is 10.4. The summed E-state index contributed by atoms with van der Waals surface area (Å²) in [6.07, 6.45) is 6.41. The Morgan fingerprint density at radius 3 is 2.73 bits per heavy atom. The quantitative estimate of drug-likeness (QED) is 0.358. The van der Waals surface area contributed by atoms with Gasteiger partial charge in [-0.1, -0.05) is 18.2 Å². The lowest BCUT2D eigenvalue weighted by Gasteiger charge is -2.27. The molecule has 1 aliphatic heterocycles. The monoisotopic (exact) mass is 469 g/mol. The van der Waals surface area contributed by atoms with Crippen molar-refractivity contribution in [3.05, 3.63) is 36.0 Å². The Kier molecular flexibility index (Phi) is 8.21. The van der Waals surface area contributed by atoms with E-state index in [1.807, 2.05) is 11.0 Å². The van der Waals surface area contributed by atoms with Gasteiger partial charge < -0.3 is 20.5 Å². The lowest BCUT2D eigenvalue weighted by atomic mass is 10.1. The van der Waals surface area contributed by atoms with E-state index in [0.717, 1.165) is 44.4 Å². The number of fused-ring (bicyclic) bond motifs is 1. The van der Waals surface area contributed by atoms with Gasteiger partial charge in [0.05, 0.1) is 6.54 Å². The molecular weight excluding hydrogens is 441 g/mol. The number of piperidine rings is 1. The van der Waals surface area contributed by atoms with Crippen molar-refractivity contribution in [3.63, 3.8) is 0 Å². The average molecular weight is 469 g/mol. The lowest BCUT2D eigenvalue weighted by molar-refractivity contribution is -0.130. The highest BCUT2D eigenvalue weighted by atomic mass is 127. The summed E-state index contributed by atoms with van der Waals surface area (Å²) in [5, 5.41) is 7.67. The standard InChI is InChI=1S/C19H27N5O.HI/c1-20-19(23-14-18(25)24-11-5-2-6-12-24)21-10-9-15-13-22-17-8-4-3-7-16(15)17;/h3-4,7-8,13,22H,2,5-6,9-12,14H2,1H3,(H2,20,21,23);1H. The highest BCUT2D eigenvalue weighted by Crippen LogP contribution is 2.17. The van der Waals surface area contributed by atoms with Gasteiger partial charge in [0.2, 0.25) is 5.91 Å². The van der Waals surface area contributed by atoms with Gasteiger partial charge in [-0.25, -0.2) is 0 Å². The molecule has 1 aromatic carbocycles. The van der Waals surface area contributed by atoms with E-state index in [4.69, 9.17) is 0 Å². The van der Waals surface area contributed by atoms with Crippen LogP contribution in [0.15, 0.2) is 35.5 Å². The second-order valence-electron chi connectivity index (χ2n) is 6.40. The van der Waals surface area contributed by atoms with Crippen LogP contribution in [-0.4, -0.2) is 55.0 Å². The summed E-state index contributed by atoms with van der Waals surface area (Å²) in [4.78, 5) is 21.6. The first-order chi connectivity index (χ1) is 12.3. The van der Waals surface area contributed by atoms with Crippen LogP contribution in [0.5, 0.6) is 0 Å². The maximum Gasteiger partial charge on any atom is 0.241 e. The third-order valence-electron chi connectivity index (χ3n) is 4.70. The maximum atomic E-state index is 12.2. The van der Waals surface area contributed by atoms with Gasteiger partial charge in [-0.3, -0.25) is 9.79 Å². The Bertz CT molecular complexity index is 736. The number of hydrogen-bond acceptors (Lipinski definition) is 2. The number of carbonyl (C=O) groups is 1. The fraction of sp³-hybridized carbons (Fsp3) is 0.474. The molecule has 1 aromatic heterocycles. The molecule has 26 heavy (non-hydrogen) atoms. The number of hydrogen-bond donors (Lipinski definition) is 3. The Labute approximate surface area is 171 Å². The number of H-pyrrole nitrogens is 1. The second-order valence-corrected chi connectivity index (χ2v) is 6.40. The summed E-state index contributed by atoms with van der Waals surface area (Å²) in [5.74, 6) is 0.824. The Morgan fingerprint density at radius 2 is 1.96 bits per heavy atom. The molecule has 0 radical (unpaired) electrons. The van der Waals surface area contributed by atoms with Crippen LogP contribution < -0.4 is 10.6 Å². The number of halogens is 1. The first-order valence-electron chi connectivity index (χ1n) is 9.05. The Hall–Kier alpha value is -1.77. The van der Waals surface area contributed by atoms with Gasteiger partial charge in [-0.05, 0) is 37.3 Å². The van der Waals surface area contributed by atoms with Crippen molar-refractivity contribution >= 4 is 46.7 Å². The number of nitrogens with one attached hydrogen (secondary N) is 3. The topological polar surface area (TPSA) is 72.5 Å². The molecule has 7 heteroatoms. The van der Waals surface area contributed by atoms with Crippen LogP contribution in [0.1, 0.15) is 24.8 Å². The van der Waals surface area contributed by atoms with E-state index in [1.165, 1.54) is 17.4 Å². The maximum absolute atomic E-state index is 12.2. The van der Waals surface area contributed by atoms with Crippen molar-refractivity contribution in [2.24, 2.45) is 4.99 Å². The van der Waals surface area contributed by atoms with Crippen molar-refractivity contribution in [2.45, 2.75) is 25.7 Å². The number of amides is 1. The largest absolute Gasteiger partial charge is 0.361 e. The lowest BCUT2D eigenvalue weighted by Crippen LogP contribution is -2.46. The van der Waals surface area contributed by atoms with Crippen LogP contribution in [0.25, 0.3) is 10.9 Å². The van der Waals surface area contributed by atoms with E-state index >= 15 is 0 Å².